The van der Waals surface area contributed by atoms with E-state index in [4.69, 9.17) is 10.5 Å². The number of nitrogens with two attached hydrogens (primary N) is 1. The van der Waals surface area contributed by atoms with Crippen LogP contribution in [-0.2, 0) is 11.3 Å². The number of ether oxygens (including phenoxy) is 1. The molecule has 5 heteroatoms. The second-order valence-electron chi connectivity index (χ2n) is 4.54. The first kappa shape index (κ1) is 12.3. The van der Waals surface area contributed by atoms with Crippen LogP contribution >= 0.6 is 0 Å². The summed E-state index contributed by atoms with van der Waals surface area (Å²) in [5, 5.41) is 0. The molecule has 0 atom stereocenters. The predicted molar refractivity (Wildman–Crippen MR) is 66.5 cm³/mol. The van der Waals surface area contributed by atoms with E-state index in [2.05, 4.69) is 14.9 Å². The molecule has 1 aliphatic rings. The minimum atomic E-state index is 0.551. The average Bonchev–Trinajstić information content (AvgIpc) is 3.06. The van der Waals surface area contributed by atoms with Gasteiger partial charge in [-0.25, -0.2) is 9.97 Å². The fraction of sp³-hybridized carbons (Fsp3) is 0.667. The Morgan fingerprint density at radius 3 is 2.82 bits per heavy atom. The van der Waals surface area contributed by atoms with Crippen molar-refractivity contribution in [3.05, 3.63) is 17.6 Å². The van der Waals surface area contributed by atoms with Crippen LogP contribution in [0, 0.1) is 6.92 Å². The van der Waals surface area contributed by atoms with Gasteiger partial charge in [0.1, 0.15) is 11.6 Å². The lowest BCUT2D eigenvalue weighted by atomic mass is 10.3. The number of hydrogen-bond donors (Lipinski definition) is 1. The van der Waals surface area contributed by atoms with E-state index in [1.54, 1.807) is 13.2 Å². The molecule has 0 spiro atoms. The van der Waals surface area contributed by atoms with E-state index in [0.717, 1.165) is 31.2 Å². The SMILES string of the molecule is COCCN(Cc1nc(C)cc(N)n1)C1CC1. The second kappa shape index (κ2) is 5.42. The maximum absolute atomic E-state index is 5.73. The highest BCUT2D eigenvalue weighted by Crippen LogP contribution is 2.27. The Bertz CT molecular complexity index is 359. The van der Waals surface area contributed by atoms with Crippen molar-refractivity contribution in [2.75, 3.05) is 26.0 Å². The van der Waals surface area contributed by atoms with E-state index >= 15 is 0 Å². The third-order valence-corrected chi connectivity index (χ3v) is 2.91. The molecule has 1 fully saturated rings. The molecule has 0 unspecified atom stereocenters. The zero-order valence-corrected chi connectivity index (χ0v) is 10.5. The van der Waals surface area contributed by atoms with Crippen molar-refractivity contribution in [2.45, 2.75) is 32.4 Å². The van der Waals surface area contributed by atoms with Gasteiger partial charge in [0.15, 0.2) is 0 Å². The molecule has 5 nitrogen and oxygen atoms in total. The Morgan fingerprint density at radius 2 is 2.24 bits per heavy atom. The maximum Gasteiger partial charge on any atom is 0.144 e. The smallest absolute Gasteiger partial charge is 0.144 e. The van der Waals surface area contributed by atoms with Gasteiger partial charge >= 0.3 is 0 Å². The van der Waals surface area contributed by atoms with Crippen LogP contribution in [0.5, 0.6) is 0 Å². The molecular weight excluding hydrogens is 216 g/mol. The molecule has 2 rings (SSSR count). The van der Waals surface area contributed by atoms with E-state index in [-0.39, 0.29) is 0 Å². The highest BCUT2D eigenvalue weighted by atomic mass is 16.5. The van der Waals surface area contributed by atoms with Crippen molar-refractivity contribution in [2.24, 2.45) is 0 Å². The van der Waals surface area contributed by atoms with Gasteiger partial charge < -0.3 is 10.5 Å². The van der Waals surface area contributed by atoms with Crippen molar-refractivity contribution in [3.63, 3.8) is 0 Å². The molecule has 0 aliphatic heterocycles. The number of rotatable bonds is 6. The molecule has 0 radical (unpaired) electrons. The molecule has 1 aliphatic carbocycles. The molecule has 0 bridgehead atoms. The number of methoxy groups -OCH3 is 1. The molecule has 94 valence electrons. The molecule has 1 heterocycles. The minimum Gasteiger partial charge on any atom is -0.384 e. The summed E-state index contributed by atoms with van der Waals surface area (Å²) in [5.41, 5.74) is 6.66. The summed E-state index contributed by atoms with van der Waals surface area (Å²) < 4.78 is 5.13. The summed E-state index contributed by atoms with van der Waals surface area (Å²) in [6, 6.07) is 2.47. The lowest BCUT2D eigenvalue weighted by molar-refractivity contribution is 0.138. The van der Waals surface area contributed by atoms with E-state index < -0.39 is 0 Å². The van der Waals surface area contributed by atoms with Crippen molar-refractivity contribution in [1.29, 1.82) is 0 Å². The quantitative estimate of drug-likeness (QED) is 0.797. The van der Waals surface area contributed by atoms with Gasteiger partial charge in [0, 0.05) is 31.5 Å². The van der Waals surface area contributed by atoms with Crippen LogP contribution in [0.3, 0.4) is 0 Å². The van der Waals surface area contributed by atoms with Crippen LogP contribution in [0.4, 0.5) is 5.82 Å². The van der Waals surface area contributed by atoms with Gasteiger partial charge in [0.05, 0.1) is 13.2 Å². The van der Waals surface area contributed by atoms with Gasteiger partial charge in [-0.15, -0.1) is 0 Å². The average molecular weight is 236 g/mol. The zero-order chi connectivity index (χ0) is 12.3. The third kappa shape index (κ3) is 3.64. The molecule has 2 N–H and O–H groups in total. The molecule has 0 saturated heterocycles. The third-order valence-electron chi connectivity index (χ3n) is 2.91. The van der Waals surface area contributed by atoms with Gasteiger partial charge in [0.25, 0.3) is 0 Å². The van der Waals surface area contributed by atoms with E-state index in [1.807, 2.05) is 6.92 Å². The Labute approximate surface area is 102 Å². The molecule has 0 amide bonds. The van der Waals surface area contributed by atoms with Gasteiger partial charge in [-0.3, -0.25) is 4.90 Å². The first-order valence-corrected chi connectivity index (χ1v) is 6.02. The maximum atomic E-state index is 5.73. The fourth-order valence-electron chi connectivity index (χ4n) is 1.95. The largest absolute Gasteiger partial charge is 0.384 e. The van der Waals surface area contributed by atoms with Crippen LogP contribution in [0.1, 0.15) is 24.4 Å². The molecule has 17 heavy (non-hydrogen) atoms. The van der Waals surface area contributed by atoms with Crippen LogP contribution in [0.25, 0.3) is 0 Å². The van der Waals surface area contributed by atoms with Crippen molar-refractivity contribution >= 4 is 5.82 Å². The molecule has 1 aromatic rings. The number of nitrogens with zero attached hydrogens (tertiary/aromatic N) is 3. The van der Waals surface area contributed by atoms with E-state index in [9.17, 15) is 0 Å². The van der Waals surface area contributed by atoms with Crippen LogP contribution in [0.2, 0.25) is 0 Å². The summed E-state index contributed by atoms with van der Waals surface area (Å²) in [5.74, 6) is 1.36. The van der Waals surface area contributed by atoms with Crippen LogP contribution < -0.4 is 5.73 Å². The molecule has 1 saturated carbocycles. The van der Waals surface area contributed by atoms with Crippen molar-refractivity contribution in [3.8, 4) is 0 Å². The van der Waals surface area contributed by atoms with Gasteiger partial charge in [-0.1, -0.05) is 0 Å². The number of aryl methyl sites for hydroxylation is 1. The highest BCUT2D eigenvalue weighted by Gasteiger charge is 2.29. The number of aromatic nitrogens is 2. The molecule has 1 aromatic heterocycles. The van der Waals surface area contributed by atoms with Crippen LogP contribution in [0.15, 0.2) is 6.07 Å². The monoisotopic (exact) mass is 236 g/mol. The van der Waals surface area contributed by atoms with Crippen molar-refractivity contribution < 1.29 is 4.74 Å². The summed E-state index contributed by atoms with van der Waals surface area (Å²) in [6.07, 6.45) is 2.54. The number of anilines is 1. The minimum absolute atomic E-state index is 0.551. The van der Waals surface area contributed by atoms with Gasteiger partial charge in [-0.05, 0) is 19.8 Å². The zero-order valence-electron chi connectivity index (χ0n) is 10.5. The standard InChI is InChI=1S/C12H20N4O/c1-9-7-11(13)15-12(14-9)8-16(5-6-17-2)10-3-4-10/h7,10H,3-6,8H2,1-2H3,(H2,13,14,15). The van der Waals surface area contributed by atoms with Crippen molar-refractivity contribution in [1.82, 2.24) is 14.9 Å². The molecular formula is C12H20N4O. The summed E-state index contributed by atoms with van der Waals surface area (Å²) in [7, 11) is 1.73. The fourth-order valence-corrected chi connectivity index (χ4v) is 1.95. The van der Waals surface area contributed by atoms with Gasteiger partial charge in [0.2, 0.25) is 0 Å². The van der Waals surface area contributed by atoms with Gasteiger partial charge in [-0.2, -0.15) is 0 Å². The first-order valence-electron chi connectivity index (χ1n) is 6.02. The predicted octanol–water partition coefficient (Wildman–Crippen LogP) is 0.978. The first-order chi connectivity index (χ1) is 8.19. The lowest BCUT2D eigenvalue weighted by Gasteiger charge is -2.20. The second-order valence-corrected chi connectivity index (χ2v) is 4.54. The summed E-state index contributed by atoms with van der Waals surface area (Å²) in [4.78, 5) is 11.1. The highest BCUT2D eigenvalue weighted by molar-refractivity contribution is 5.29. The lowest BCUT2D eigenvalue weighted by Crippen LogP contribution is -2.30. The topological polar surface area (TPSA) is 64.3 Å². The van der Waals surface area contributed by atoms with E-state index in [0.29, 0.717) is 11.9 Å². The summed E-state index contributed by atoms with van der Waals surface area (Å²) >= 11 is 0. The normalized spacial score (nSPS) is 15.5. The van der Waals surface area contributed by atoms with E-state index in [1.165, 1.54) is 12.8 Å². The number of hydrogen-bond acceptors (Lipinski definition) is 5. The molecule has 0 aromatic carbocycles. The number of nitrogen functional groups attached to an aromatic ring is 1. The Morgan fingerprint density at radius 1 is 1.47 bits per heavy atom. The Balaban J connectivity index is 2.00. The Hall–Kier alpha value is -1.20. The summed E-state index contributed by atoms with van der Waals surface area (Å²) in [6.45, 7) is 4.38. The van der Waals surface area contributed by atoms with Crippen LogP contribution in [-0.4, -0.2) is 41.2 Å². The Kier molecular flexibility index (Phi) is 3.91.